The summed E-state index contributed by atoms with van der Waals surface area (Å²) in [5, 5.41) is 2.98. The smallest absolute Gasteiger partial charge is 0.270 e. The Hall–Kier alpha value is -1.73. The Balaban J connectivity index is 1.48. The Bertz CT molecular complexity index is 554. The minimum absolute atomic E-state index is 0.108. The molecule has 2 aliphatic heterocycles. The van der Waals surface area contributed by atoms with E-state index in [0.717, 1.165) is 58.1 Å². The number of carbonyl (C=O) groups is 1. The van der Waals surface area contributed by atoms with Crippen LogP contribution in [-0.4, -0.2) is 73.3 Å². The first-order valence-corrected chi connectivity index (χ1v) is 8.91. The van der Waals surface area contributed by atoms with E-state index in [-0.39, 0.29) is 5.91 Å². The summed E-state index contributed by atoms with van der Waals surface area (Å²) >= 11 is 0. The van der Waals surface area contributed by atoms with Gasteiger partial charge in [0, 0.05) is 38.4 Å². The molecule has 2 aliphatic rings. The maximum absolute atomic E-state index is 12.4. The first kappa shape index (κ1) is 17.1. The fourth-order valence-corrected chi connectivity index (χ4v) is 3.15. The zero-order valence-corrected chi connectivity index (χ0v) is 14.5. The molecule has 7 nitrogen and oxygen atoms in total. The summed E-state index contributed by atoms with van der Waals surface area (Å²) < 4.78 is 5.34. The van der Waals surface area contributed by atoms with Gasteiger partial charge in [0.25, 0.3) is 5.91 Å². The third-order valence-corrected chi connectivity index (χ3v) is 4.50. The molecule has 1 amide bonds. The maximum Gasteiger partial charge on any atom is 0.270 e. The van der Waals surface area contributed by atoms with Crippen LogP contribution in [0.2, 0.25) is 0 Å². The molecule has 24 heavy (non-hydrogen) atoms. The van der Waals surface area contributed by atoms with Gasteiger partial charge in [-0.05, 0) is 38.8 Å². The summed E-state index contributed by atoms with van der Waals surface area (Å²) in [6.07, 6.45) is 3.27. The van der Waals surface area contributed by atoms with Crippen molar-refractivity contribution in [3.05, 3.63) is 17.5 Å². The van der Waals surface area contributed by atoms with Crippen molar-refractivity contribution in [1.82, 2.24) is 20.2 Å². The second-order valence-corrected chi connectivity index (χ2v) is 6.45. The molecule has 0 bridgehead atoms. The third-order valence-electron chi connectivity index (χ3n) is 4.50. The van der Waals surface area contributed by atoms with Gasteiger partial charge in [-0.1, -0.05) is 0 Å². The molecule has 0 aromatic carbocycles. The van der Waals surface area contributed by atoms with Crippen LogP contribution in [0, 0.1) is 6.92 Å². The fraction of sp³-hybridized carbons (Fsp3) is 0.706. The SMILES string of the molecule is Cc1cc(C(=O)NCCCN2CCOCC2)nc(N2CCCC2)n1. The highest BCUT2D eigenvalue weighted by molar-refractivity contribution is 5.92. The van der Waals surface area contributed by atoms with Crippen LogP contribution in [0.25, 0.3) is 0 Å². The largest absolute Gasteiger partial charge is 0.379 e. The van der Waals surface area contributed by atoms with Gasteiger partial charge in [0.1, 0.15) is 5.69 Å². The van der Waals surface area contributed by atoms with Crippen LogP contribution in [0.15, 0.2) is 6.07 Å². The van der Waals surface area contributed by atoms with Crippen molar-refractivity contribution in [3.8, 4) is 0 Å². The average molecular weight is 333 g/mol. The number of hydrogen-bond acceptors (Lipinski definition) is 6. The van der Waals surface area contributed by atoms with Gasteiger partial charge in [0.05, 0.1) is 13.2 Å². The molecule has 2 fully saturated rings. The maximum atomic E-state index is 12.4. The Morgan fingerprint density at radius 1 is 1.21 bits per heavy atom. The van der Waals surface area contributed by atoms with Gasteiger partial charge >= 0.3 is 0 Å². The molecule has 0 atom stereocenters. The monoisotopic (exact) mass is 333 g/mol. The van der Waals surface area contributed by atoms with E-state index in [1.165, 1.54) is 12.8 Å². The minimum Gasteiger partial charge on any atom is -0.379 e. The van der Waals surface area contributed by atoms with Crippen molar-refractivity contribution < 1.29 is 9.53 Å². The molecule has 3 rings (SSSR count). The Morgan fingerprint density at radius 3 is 2.71 bits per heavy atom. The normalized spacial score (nSPS) is 18.8. The molecule has 0 radical (unpaired) electrons. The highest BCUT2D eigenvalue weighted by Gasteiger charge is 2.18. The van der Waals surface area contributed by atoms with Gasteiger partial charge in [0.15, 0.2) is 0 Å². The number of nitrogens with one attached hydrogen (secondary N) is 1. The number of hydrogen-bond donors (Lipinski definition) is 1. The highest BCUT2D eigenvalue weighted by atomic mass is 16.5. The molecule has 3 heterocycles. The third kappa shape index (κ3) is 4.64. The Morgan fingerprint density at radius 2 is 1.96 bits per heavy atom. The van der Waals surface area contributed by atoms with Gasteiger partial charge in [-0.2, -0.15) is 0 Å². The molecular weight excluding hydrogens is 306 g/mol. The lowest BCUT2D eigenvalue weighted by Gasteiger charge is -2.26. The minimum atomic E-state index is -0.108. The number of amides is 1. The second-order valence-electron chi connectivity index (χ2n) is 6.45. The molecule has 1 N–H and O–H groups in total. The fourth-order valence-electron chi connectivity index (χ4n) is 3.15. The number of aryl methyl sites for hydroxylation is 1. The predicted octanol–water partition coefficient (Wildman–Crippen LogP) is 0.837. The molecule has 7 heteroatoms. The number of rotatable bonds is 6. The summed E-state index contributed by atoms with van der Waals surface area (Å²) in [5.74, 6) is 0.578. The lowest BCUT2D eigenvalue weighted by atomic mass is 10.3. The van der Waals surface area contributed by atoms with Gasteiger partial charge in [0.2, 0.25) is 5.95 Å². The van der Waals surface area contributed by atoms with Crippen molar-refractivity contribution in [2.45, 2.75) is 26.2 Å². The van der Waals surface area contributed by atoms with Crippen LogP contribution in [0.3, 0.4) is 0 Å². The number of anilines is 1. The van der Waals surface area contributed by atoms with Crippen LogP contribution in [0.5, 0.6) is 0 Å². The average Bonchev–Trinajstić information content (AvgIpc) is 3.13. The van der Waals surface area contributed by atoms with E-state index in [9.17, 15) is 4.79 Å². The first-order valence-electron chi connectivity index (χ1n) is 8.91. The molecule has 1 aromatic heterocycles. The van der Waals surface area contributed by atoms with Crippen LogP contribution in [-0.2, 0) is 4.74 Å². The van der Waals surface area contributed by atoms with Crippen LogP contribution in [0.4, 0.5) is 5.95 Å². The van der Waals surface area contributed by atoms with Crippen molar-refractivity contribution in [3.63, 3.8) is 0 Å². The van der Waals surface area contributed by atoms with Crippen molar-refractivity contribution in [2.75, 3.05) is 57.4 Å². The van der Waals surface area contributed by atoms with E-state index >= 15 is 0 Å². The topological polar surface area (TPSA) is 70.6 Å². The van der Waals surface area contributed by atoms with E-state index in [2.05, 4.69) is 25.1 Å². The molecular formula is C17H27N5O2. The first-order chi connectivity index (χ1) is 11.7. The van der Waals surface area contributed by atoms with Gasteiger partial charge < -0.3 is 15.0 Å². The number of ether oxygens (including phenoxy) is 1. The number of carbonyl (C=O) groups excluding carboxylic acids is 1. The van der Waals surface area contributed by atoms with Gasteiger partial charge in [-0.3, -0.25) is 9.69 Å². The molecule has 0 saturated carbocycles. The van der Waals surface area contributed by atoms with Gasteiger partial charge in [-0.15, -0.1) is 0 Å². The zero-order chi connectivity index (χ0) is 16.8. The number of nitrogens with zero attached hydrogens (tertiary/aromatic N) is 4. The quantitative estimate of drug-likeness (QED) is 0.778. The van der Waals surface area contributed by atoms with Crippen molar-refractivity contribution in [2.24, 2.45) is 0 Å². The Kier molecular flexibility index (Phi) is 5.98. The van der Waals surface area contributed by atoms with Crippen LogP contribution >= 0.6 is 0 Å². The summed E-state index contributed by atoms with van der Waals surface area (Å²) in [6, 6.07) is 1.76. The van der Waals surface area contributed by atoms with E-state index in [1.54, 1.807) is 6.07 Å². The molecule has 0 aliphatic carbocycles. The molecule has 132 valence electrons. The molecule has 0 unspecified atom stereocenters. The lowest BCUT2D eigenvalue weighted by molar-refractivity contribution is 0.0374. The molecule has 2 saturated heterocycles. The standard InChI is InChI=1S/C17H27N5O2/c1-14-13-15(20-17(19-14)22-7-2-3-8-22)16(23)18-5-4-6-21-9-11-24-12-10-21/h13H,2-12H2,1H3,(H,18,23). The summed E-state index contributed by atoms with van der Waals surface area (Å²) in [5.41, 5.74) is 1.31. The predicted molar refractivity (Wildman–Crippen MR) is 92.4 cm³/mol. The van der Waals surface area contributed by atoms with E-state index in [0.29, 0.717) is 18.2 Å². The van der Waals surface area contributed by atoms with Crippen molar-refractivity contribution in [1.29, 1.82) is 0 Å². The molecule has 1 aromatic rings. The van der Waals surface area contributed by atoms with E-state index in [1.807, 2.05) is 6.92 Å². The summed E-state index contributed by atoms with van der Waals surface area (Å²) in [6.45, 7) is 9.11. The van der Waals surface area contributed by atoms with Crippen LogP contribution < -0.4 is 10.2 Å². The number of morpholine rings is 1. The summed E-state index contributed by atoms with van der Waals surface area (Å²) in [7, 11) is 0. The van der Waals surface area contributed by atoms with E-state index < -0.39 is 0 Å². The molecule has 0 spiro atoms. The summed E-state index contributed by atoms with van der Waals surface area (Å²) in [4.78, 5) is 25.8. The van der Waals surface area contributed by atoms with Crippen molar-refractivity contribution >= 4 is 11.9 Å². The van der Waals surface area contributed by atoms with E-state index in [4.69, 9.17) is 4.74 Å². The van der Waals surface area contributed by atoms with Gasteiger partial charge in [-0.25, -0.2) is 9.97 Å². The highest BCUT2D eigenvalue weighted by Crippen LogP contribution is 2.16. The zero-order valence-electron chi connectivity index (χ0n) is 14.5. The lowest BCUT2D eigenvalue weighted by Crippen LogP contribution is -2.38. The van der Waals surface area contributed by atoms with Crippen LogP contribution in [0.1, 0.15) is 35.4 Å². The second kappa shape index (κ2) is 8.39. The number of aromatic nitrogens is 2. The Labute approximate surface area is 143 Å².